The minimum absolute atomic E-state index is 0.159. The zero-order valence-electron chi connectivity index (χ0n) is 11.9. The molecule has 1 fully saturated rings. The monoisotopic (exact) mass is 295 g/mol. The van der Waals surface area contributed by atoms with Crippen LogP contribution in [-0.4, -0.2) is 23.9 Å². The molecular weight excluding hydrogens is 274 g/mol. The van der Waals surface area contributed by atoms with Gasteiger partial charge in [0.15, 0.2) is 0 Å². The van der Waals surface area contributed by atoms with Gasteiger partial charge in [-0.2, -0.15) is 0 Å². The Morgan fingerprint density at radius 1 is 1.55 bits per heavy atom. The van der Waals surface area contributed by atoms with E-state index in [4.69, 9.17) is 16.3 Å². The van der Waals surface area contributed by atoms with E-state index in [2.05, 4.69) is 18.8 Å². The van der Waals surface area contributed by atoms with Gasteiger partial charge < -0.3 is 15.2 Å². The van der Waals surface area contributed by atoms with Crippen LogP contribution in [0.3, 0.4) is 0 Å². The number of halogens is 1. The van der Waals surface area contributed by atoms with Crippen molar-refractivity contribution in [1.29, 1.82) is 0 Å². The van der Waals surface area contributed by atoms with Crippen LogP contribution >= 0.6 is 11.6 Å². The van der Waals surface area contributed by atoms with Gasteiger partial charge in [0.1, 0.15) is 12.4 Å². The molecule has 0 spiro atoms. The third-order valence-electron chi connectivity index (χ3n) is 3.86. The topological polar surface area (TPSA) is 41.5 Å². The van der Waals surface area contributed by atoms with Crippen molar-refractivity contribution in [2.24, 2.45) is 5.92 Å². The third kappa shape index (κ3) is 3.75. The molecule has 20 heavy (non-hydrogen) atoms. The average molecular weight is 296 g/mol. The fraction of sp³-hybridized carbons (Fsp3) is 0.500. The Balaban J connectivity index is 1.96. The lowest BCUT2D eigenvalue weighted by Crippen LogP contribution is -2.47. The van der Waals surface area contributed by atoms with Crippen LogP contribution in [0.15, 0.2) is 30.9 Å². The first-order chi connectivity index (χ1) is 9.59. The highest BCUT2D eigenvalue weighted by Gasteiger charge is 2.40. The SMILES string of the molecule is C=CCOc1ccc(CNC(C)(CO)C2CC2)cc1Cl. The van der Waals surface area contributed by atoms with Gasteiger partial charge in [0, 0.05) is 12.1 Å². The Hall–Kier alpha value is -1.03. The summed E-state index contributed by atoms with van der Waals surface area (Å²) in [5.41, 5.74) is 0.895. The Morgan fingerprint density at radius 2 is 2.30 bits per heavy atom. The molecule has 1 aliphatic carbocycles. The molecule has 2 rings (SSSR count). The fourth-order valence-electron chi connectivity index (χ4n) is 2.27. The first-order valence-corrected chi connectivity index (χ1v) is 7.35. The first kappa shape index (κ1) is 15.4. The number of nitrogens with one attached hydrogen (secondary N) is 1. The molecule has 110 valence electrons. The molecule has 0 amide bonds. The van der Waals surface area contributed by atoms with Gasteiger partial charge in [-0.1, -0.05) is 30.3 Å². The lowest BCUT2D eigenvalue weighted by Gasteiger charge is -2.29. The molecule has 1 aromatic carbocycles. The van der Waals surface area contributed by atoms with Gasteiger partial charge in [-0.3, -0.25) is 0 Å². The molecule has 0 bridgehead atoms. The van der Waals surface area contributed by atoms with E-state index >= 15 is 0 Å². The molecule has 0 saturated heterocycles. The second-order valence-corrected chi connectivity index (χ2v) is 5.98. The van der Waals surface area contributed by atoms with Crippen molar-refractivity contribution in [2.45, 2.75) is 31.8 Å². The van der Waals surface area contributed by atoms with Crippen LogP contribution in [0.4, 0.5) is 0 Å². The van der Waals surface area contributed by atoms with Crippen molar-refractivity contribution < 1.29 is 9.84 Å². The van der Waals surface area contributed by atoms with Crippen molar-refractivity contribution >= 4 is 11.6 Å². The van der Waals surface area contributed by atoms with Crippen molar-refractivity contribution in [2.75, 3.05) is 13.2 Å². The quantitative estimate of drug-likeness (QED) is 0.724. The van der Waals surface area contributed by atoms with Crippen LogP contribution in [0.5, 0.6) is 5.75 Å². The van der Waals surface area contributed by atoms with Gasteiger partial charge in [0.25, 0.3) is 0 Å². The van der Waals surface area contributed by atoms with Crippen LogP contribution in [0.2, 0.25) is 5.02 Å². The predicted octanol–water partition coefficient (Wildman–Crippen LogP) is 3.16. The molecule has 1 aliphatic rings. The molecule has 0 radical (unpaired) electrons. The number of ether oxygens (including phenoxy) is 1. The molecule has 2 N–H and O–H groups in total. The predicted molar refractivity (Wildman–Crippen MR) is 82.2 cm³/mol. The Morgan fingerprint density at radius 3 is 2.85 bits per heavy atom. The standard InChI is InChI=1S/C16H22ClNO2/c1-3-8-20-15-7-4-12(9-14(15)17)10-18-16(2,11-19)13-5-6-13/h3-4,7,9,13,18-19H,1,5-6,8,10-11H2,2H3. The number of aliphatic hydroxyl groups excluding tert-OH is 1. The highest BCUT2D eigenvalue weighted by molar-refractivity contribution is 6.32. The number of hydrogen-bond acceptors (Lipinski definition) is 3. The summed E-state index contributed by atoms with van der Waals surface area (Å²) in [6, 6.07) is 5.76. The summed E-state index contributed by atoms with van der Waals surface area (Å²) >= 11 is 6.19. The first-order valence-electron chi connectivity index (χ1n) is 6.97. The summed E-state index contributed by atoms with van der Waals surface area (Å²) in [6.45, 7) is 6.98. The van der Waals surface area contributed by atoms with E-state index in [9.17, 15) is 5.11 Å². The highest BCUT2D eigenvalue weighted by atomic mass is 35.5. The summed E-state index contributed by atoms with van der Waals surface area (Å²) in [4.78, 5) is 0. The lowest BCUT2D eigenvalue weighted by molar-refractivity contribution is 0.153. The van der Waals surface area contributed by atoms with E-state index in [1.807, 2.05) is 18.2 Å². The van der Waals surface area contributed by atoms with E-state index < -0.39 is 0 Å². The van der Waals surface area contributed by atoms with E-state index in [1.54, 1.807) is 6.08 Å². The number of aliphatic hydroxyl groups is 1. The number of benzene rings is 1. The van der Waals surface area contributed by atoms with Gasteiger partial charge >= 0.3 is 0 Å². The van der Waals surface area contributed by atoms with Gasteiger partial charge in [-0.05, 0) is 43.4 Å². The maximum atomic E-state index is 9.55. The molecule has 0 aliphatic heterocycles. The van der Waals surface area contributed by atoms with Gasteiger partial charge in [-0.15, -0.1) is 0 Å². The smallest absolute Gasteiger partial charge is 0.138 e. The van der Waals surface area contributed by atoms with E-state index in [1.165, 1.54) is 12.8 Å². The Kier molecular flexibility index (Phi) is 5.08. The van der Waals surface area contributed by atoms with Crippen LogP contribution < -0.4 is 10.1 Å². The summed E-state index contributed by atoms with van der Waals surface area (Å²) in [6.07, 6.45) is 4.08. The molecule has 3 nitrogen and oxygen atoms in total. The van der Waals surface area contributed by atoms with Crippen molar-refractivity contribution in [3.8, 4) is 5.75 Å². The highest BCUT2D eigenvalue weighted by Crippen LogP contribution is 2.39. The third-order valence-corrected chi connectivity index (χ3v) is 4.15. The molecule has 0 heterocycles. The molecular formula is C16H22ClNO2. The normalized spacial score (nSPS) is 17.6. The van der Waals surface area contributed by atoms with Crippen LogP contribution in [0.25, 0.3) is 0 Å². The van der Waals surface area contributed by atoms with Gasteiger partial charge in [0.2, 0.25) is 0 Å². The minimum atomic E-state index is -0.190. The zero-order chi connectivity index (χ0) is 14.6. The molecule has 1 aromatic rings. The van der Waals surface area contributed by atoms with E-state index in [-0.39, 0.29) is 12.1 Å². The van der Waals surface area contributed by atoms with Crippen molar-refractivity contribution in [1.82, 2.24) is 5.32 Å². The Labute approximate surface area is 125 Å². The van der Waals surface area contributed by atoms with Crippen molar-refractivity contribution in [3.05, 3.63) is 41.4 Å². The molecule has 1 atom stereocenters. The van der Waals surface area contributed by atoms with Crippen LogP contribution in [0.1, 0.15) is 25.3 Å². The summed E-state index contributed by atoms with van der Waals surface area (Å²) in [5, 5.41) is 13.6. The van der Waals surface area contributed by atoms with Gasteiger partial charge in [-0.25, -0.2) is 0 Å². The van der Waals surface area contributed by atoms with E-state index in [0.717, 1.165) is 5.56 Å². The maximum Gasteiger partial charge on any atom is 0.138 e. The summed E-state index contributed by atoms with van der Waals surface area (Å²) in [7, 11) is 0. The molecule has 0 aromatic heterocycles. The largest absolute Gasteiger partial charge is 0.488 e. The molecule has 4 heteroatoms. The molecule has 1 unspecified atom stereocenters. The Bertz CT molecular complexity index is 474. The average Bonchev–Trinajstić information content (AvgIpc) is 3.29. The van der Waals surface area contributed by atoms with E-state index in [0.29, 0.717) is 29.8 Å². The van der Waals surface area contributed by atoms with Crippen molar-refractivity contribution in [3.63, 3.8) is 0 Å². The lowest BCUT2D eigenvalue weighted by atomic mass is 9.96. The van der Waals surface area contributed by atoms with Crippen LogP contribution in [-0.2, 0) is 6.54 Å². The second kappa shape index (κ2) is 6.61. The minimum Gasteiger partial charge on any atom is -0.488 e. The van der Waals surface area contributed by atoms with Gasteiger partial charge in [0.05, 0.1) is 11.6 Å². The zero-order valence-corrected chi connectivity index (χ0v) is 12.6. The summed E-state index contributed by atoms with van der Waals surface area (Å²) in [5.74, 6) is 1.25. The second-order valence-electron chi connectivity index (χ2n) is 5.57. The summed E-state index contributed by atoms with van der Waals surface area (Å²) < 4.78 is 5.45. The number of hydrogen-bond donors (Lipinski definition) is 2. The number of rotatable bonds is 8. The molecule has 1 saturated carbocycles. The van der Waals surface area contributed by atoms with Crippen LogP contribution in [0, 0.1) is 5.92 Å². The fourth-order valence-corrected chi connectivity index (χ4v) is 2.53. The maximum absolute atomic E-state index is 9.55.